The fourth-order valence-electron chi connectivity index (χ4n) is 4.53. The van der Waals surface area contributed by atoms with E-state index in [1.54, 1.807) is 26.1 Å². The molecule has 250 valence electrons. The summed E-state index contributed by atoms with van der Waals surface area (Å²) in [6.45, 7) is 2.61. The number of amides is 4. The van der Waals surface area contributed by atoms with E-state index < -0.39 is 35.8 Å². The molecule has 0 aliphatic rings. The van der Waals surface area contributed by atoms with Crippen molar-refractivity contribution in [1.82, 2.24) is 20.9 Å². The third-order valence-electron chi connectivity index (χ3n) is 6.87. The van der Waals surface area contributed by atoms with Gasteiger partial charge in [-0.1, -0.05) is 42.5 Å². The zero-order chi connectivity index (χ0) is 34.1. The van der Waals surface area contributed by atoms with E-state index in [0.717, 1.165) is 5.56 Å². The van der Waals surface area contributed by atoms with E-state index in [9.17, 15) is 24.3 Å². The van der Waals surface area contributed by atoms with Crippen LogP contribution in [0.2, 0.25) is 0 Å². The van der Waals surface area contributed by atoms with Crippen LogP contribution in [0.15, 0.2) is 64.6 Å². The molecule has 4 amide bonds. The van der Waals surface area contributed by atoms with Gasteiger partial charge in [0.1, 0.15) is 23.9 Å². The molecule has 12 N–H and O–H groups in total. The molecule has 0 unspecified atom stereocenters. The molecular formula is C31H46N10O5. The Bertz CT molecular complexity index is 1340. The molecule has 0 aliphatic carbocycles. The van der Waals surface area contributed by atoms with Gasteiger partial charge in [-0.3, -0.25) is 24.2 Å². The number of nitrogens with two attached hydrogens (primary N) is 4. The summed E-state index contributed by atoms with van der Waals surface area (Å²) in [6, 6.07) is 12.1. The van der Waals surface area contributed by atoms with Crippen molar-refractivity contribution in [2.45, 2.75) is 57.2 Å². The van der Waals surface area contributed by atoms with Crippen molar-refractivity contribution >= 4 is 35.5 Å². The van der Waals surface area contributed by atoms with Crippen LogP contribution in [0.1, 0.15) is 37.3 Å². The molecule has 15 nitrogen and oxygen atoms in total. The highest BCUT2D eigenvalue weighted by molar-refractivity contribution is 5.94. The van der Waals surface area contributed by atoms with Gasteiger partial charge in [0.15, 0.2) is 11.9 Å². The quantitative estimate of drug-likeness (QED) is 0.0555. The van der Waals surface area contributed by atoms with Gasteiger partial charge in [0.25, 0.3) is 0 Å². The van der Waals surface area contributed by atoms with E-state index in [1.807, 2.05) is 30.3 Å². The number of likely N-dealkylation sites (N-methyl/N-ethyl adjacent to an activating group) is 1. The van der Waals surface area contributed by atoms with Crippen LogP contribution in [-0.2, 0) is 32.0 Å². The van der Waals surface area contributed by atoms with Gasteiger partial charge in [-0.2, -0.15) is 0 Å². The Labute approximate surface area is 268 Å². The fourth-order valence-corrected chi connectivity index (χ4v) is 4.53. The predicted octanol–water partition coefficient (Wildman–Crippen LogP) is -1.17. The lowest BCUT2D eigenvalue weighted by molar-refractivity contribution is -0.137. The van der Waals surface area contributed by atoms with E-state index in [1.165, 1.54) is 17.0 Å². The van der Waals surface area contributed by atoms with Crippen LogP contribution in [0.4, 0.5) is 0 Å². The number of guanidine groups is 2. The van der Waals surface area contributed by atoms with Gasteiger partial charge in [0.2, 0.25) is 23.6 Å². The van der Waals surface area contributed by atoms with Crippen molar-refractivity contribution in [3.8, 4) is 5.75 Å². The molecule has 0 bridgehead atoms. The number of carbonyl (C=O) groups excluding carboxylic acids is 4. The number of nitrogens with zero attached hydrogens (tertiary/aromatic N) is 3. The lowest BCUT2D eigenvalue weighted by Crippen LogP contribution is -2.56. The van der Waals surface area contributed by atoms with Gasteiger partial charge in [-0.25, -0.2) is 4.99 Å². The third-order valence-corrected chi connectivity index (χ3v) is 6.87. The number of aromatic hydroxyl groups is 1. The fraction of sp³-hybridized carbons (Fsp3) is 0.419. The molecule has 2 aromatic rings. The summed E-state index contributed by atoms with van der Waals surface area (Å²) >= 11 is 0. The lowest BCUT2D eigenvalue weighted by atomic mass is 10.0. The topological polar surface area (TPSA) is 257 Å². The molecule has 0 spiro atoms. The van der Waals surface area contributed by atoms with Gasteiger partial charge in [0, 0.05) is 45.9 Å². The van der Waals surface area contributed by atoms with Crippen molar-refractivity contribution in [2.24, 2.45) is 32.9 Å². The van der Waals surface area contributed by atoms with E-state index in [2.05, 4.69) is 25.9 Å². The van der Waals surface area contributed by atoms with E-state index in [4.69, 9.17) is 22.9 Å². The summed E-state index contributed by atoms with van der Waals surface area (Å²) in [5, 5.41) is 17.8. The Kier molecular flexibility index (Phi) is 15.3. The molecule has 0 aliphatic heterocycles. The maximum atomic E-state index is 13.8. The van der Waals surface area contributed by atoms with E-state index in [0.29, 0.717) is 18.5 Å². The number of nitrogens with one attached hydrogen (secondary N) is 3. The Morgan fingerprint density at radius 1 is 0.848 bits per heavy atom. The number of phenols is 1. The van der Waals surface area contributed by atoms with Crippen LogP contribution in [0.25, 0.3) is 0 Å². The van der Waals surface area contributed by atoms with Gasteiger partial charge >= 0.3 is 0 Å². The number of aliphatic imine (C=N–C) groups is 2. The normalized spacial score (nSPS) is 12.5. The van der Waals surface area contributed by atoms with Crippen molar-refractivity contribution < 1.29 is 24.3 Å². The first kappa shape index (κ1) is 36.8. The summed E-state index contributed by atoms with van der Waals surface area (Å²) in [5.41, 5.74) is 23.6. The van der Waals surface area contributed by atoms with Crippen molar-refractivity contribution in [1.29, 1.82) is 0 Å². The van der Waals surface area contributed by atoms with Gasteiger partial charge in [-0.05, 0) is 43.0 Å². The van der Waals surface area contributed by atoms with Crippen LogP contribution in [0.3, 0.4) is 0 Å². The minimum atomic E-state index is -1.11. The number of hydrogen-bond acceptors (Lipinski definition) is 7. The first-order valence-electron chi connectivity index (χ1n) is 15.0. The highest BCUT2D eigenvalue weighted by Gasteiger charge is 2.30. The van der Waals surface area contributed by atoms with Crippen LogP contribution in [-0.4, -0.2) is 90.4 Å². The largest absolute Gasteiger partial charge is 0.508 e. The SMILES string of the molecule is CCNC(=O)CCN(C)C(=O)[C@H](Cc1ccccc1)NC(=O)[C@@H](CCCN=C(N)N)NC(=O)[C@H](Cc1ccc(O)cc1)N=C(N)N. The van der Waals surface area contributed by atoms with E-state index in [-0.39, 0.29) is 62.3 Å². The predicted molar refractivity (Wildman–Crippen MR) is 176 cm³/mol. The summed E-state index contributed by atoms with van der Waals surface area (Å²) in [4.78, 5) is 62.2. The highest BCUT2D eigenvalue weighted by Crippen LogP contribution is 2.14. The molecule has 15 heteroatoms. The zero-order valence-corrected chi connectivity index (χ0v) is 26.3. The van der Waals surface area contributed by atoms with E-state index >= 15 is 0 Å². The van der Waals surface area contributed by atoms with Crippen LogP contribution in [0, 0.1) is 0 Å². The summed E-state index contributed by atoms with van der Waals surface area (Å²) < 4.78 is 0. The van der Waals surface area contributed by atoms with Crippen LogP contribution < -0.4 is 38.9 Å². The maximum absolute atomic E-state index is 13.8. The van der Waals surface area contributed by atoms with Crippen LogP contribution in [0.5, 0.6) is 5.75 Å². The maximum Gasteiger partial charge on any atom is 0.245 e. The van der Waals surface area contributed by atoms with Gasteiger partial charge in [0.05, 0.1) is 0 Å². The second kappa shape index (κ2) is 19.1. The average molecular weight is 639 g/mol. The minimum Gasteiger partial charge on any atom is -0.508 e. The second-order valence-corrected chi connectivity index (χ2v) is 10.7. The number of phenolic OH excluding ortho intramolecular Hbond substituents is 1. The standard InChI is InChI=1S/C31H46N10O5/c1-3-36-26(43)15-17-41(2)29(46)25(19-20-8-5-4-6-9-20)39-27(44)23(10-7-16-37-30(32)33)38-28(45)24(40-31(34)35)18-21-11-13-22(42)14-12-21/h4-6,8-9,11-14,23-25,42H,3,7,10,15-19H2,1-2H3,(H,36,43)(H,38,45)(H,39,44)(H4,32,33,37)(H4,34,35,40)/t23-,24+,25+/m1/s1. The van der Waals surface area contributed by atoms with Crippen molar-refractivity contribution in [3.05, 3.63) is 65.7 Å². The molecule has 2 aromatic carbocycles. The van der Waals surface area contributed by atoms with Gasteiger partial charge < -0.3 is 48.9 Å². The molecule has 0 radical (unpaired) electrons. The van der Waals surface area contributed by atoms with Crippen molar-refractivity contribution in [2.75, 3.05) is 26.7 Å². The average Bonchev–Trinajstić information content (AvgIpc) is 3.01. The Hall–Kier alpha value is -5.34. The first-order chi connectivity index (χ1) is 21.9. The summed E-state index contributed by atoms with van der Waals surface area (Å²) in [7, 11) is 1.56. The van der Waals surface area contributed by atoms with Crippen molar-refractivity contribution in [3.63, 3.8) is 0 Å². The smallest absolute Gasteiger partial charge is 0.245 e. The minimum absolute atomic E-state index is 0.0542. The summed E-state index contributed by atoms with van der Waals surface area (Å²) in [6.07, 6.45) is 0.798. The first-order valence-corrected chi connectivity index (χ1v) is 15.0. The van der Waals surface area contributed by atoms with Crippen LogP contribution >= 0.6 is 0 Å². The molecule has 0 saturated heterocycles. The Morgan fingerprint density at radius 2 is 1.48 bits per heavy atom. The Morgan fingerprint density at radius 3 is 2.09 bits per heavy atom. The molecule has 0 fully saturated rings. The van der Waals surface area contributed by atoms with Gasteiger partial charge in [-0.15, -0.1) is 0 Å². The number of rotatable bonds is 18. The molecule has 3 atom stereocenters. The molecule has 46 heavy (non-hydrogen) atoms. The zero-order valence-electron chi connectivity index (χ0n) is 26.3. The second-order valence-electron chi connectivity index (χ2n) is 10.7. The highest BCUT2D eigenvalue weighted by atomic mass is 16.3. The number of benzene rings is 2. The molecule has 0 heterocycles. The molecular weight excluding hydrogens is 592 g/mol. The molecule has 2 rings (SSSR count). The molecule has 0 aromatic heterocycles. The molecule has 0 saturated carbocycles. The third kappa shape index (κ3) is 13.5. The number of carbonyl (C=O) groups is 4. The Balaban J connectivity index is 2.31. The number of hydrogen-bond donors (Lipinski definition) is 8. The lowest BCUT2D eigenvalue weighted by Gasteiger charge is -2.27. The monoisotopic (exact) mass is 638 g/mol. The summed E-state index contributed by atoms with van der Waals surface area (Å²) in [5.74, 6) is -2.23.